The van der Waals surface area contributed by atoms with Crippen molar-refractivity contribution < 1.29 is 4.79 Å². The van der Waals surface area contributed by atoms with Gasteiger partial charge in [0, 0.05) is 42.3 Å². The lowest BCUT2D eigenvalue weighted by atomic mass is 9.99. The molecule has 1 amide bonds. The van der Waals surface area contributed by atoms with E-state index in [0.717, 1.165) is 31.1 Å². The van der Waals surface area contributed by atoms with Crippen LogP contribution in [-0.4, -0.2) is 30.0 Å². The zero-order chi connectivity index (χ0) is 19.2. The first-order valence-corrected chi connectivity index (χ1v) is 9.94. The zero-order valence-electron chi connectivity index (χ0n) is 16.5. The topological polar surface area (TPSA) is 57.3 Å². The number of rotatable bonds is 6. The minimum absolute atomic E-state index is 0.0653. The van der Waals surface area contributed by atoms with Crippen molar-refractivity contribution in [1.82, 2.24) is 10.3 Å². The molecule has 1 aromatic carbocycles. The highest BCUT2D eigenvalue weighted by molar-refractivity contribution is 5.95. The first kappa shape index (κ1) is 19.2. The summed E-state index contributed by atoms with van der Waals surface area (Å²) in [5.74, 6) is 1.44. The van der Waals surface area contributed by atoms with E-state index in [2.05, 4.69) is 58.6 Å². The Morgan fingerprint density at radius 1 is 1.22 bits per heavy atom. The molecule has 5 nitrogen and oxygen atoms in total. The van der Waals surface area contributed by atoms with Crippen LogP contribution in [0.15, 0.2) is 42.6 Å². The number of pyridine rings is 1. The molecule has 1 atom stereocenters. The van der Waals surface area contributed by atoms with E-state index in [1.165, 1.54) is 18.5 Å². The Kier molecular flexibility index (Phi) is 6.32. The van der Waals surface area contributed by atoms with Crippen LogP contribution in [0.3, 0.4) is 0 Å². The molecular formula is C22H30N4O. The van der Waals surface area contributed by atoms with E-state index >= 15 is 0 Å². The Labute approximate surface area is 162 Å². The van der Waals surface area contributed by atoms with Crippen LogP contribution < -0.4 is 15.5 Å². The van der Waals surface area contributed by atoms with E-state index in [1.807, 2.05) is 6.92 Å². The smallest absolute Gasteiger partial charge is 0.251 e. The maximum absolute atomic E-state index is 12.3. The molecule has 1 unspecified atom stereocenters. The second kappa shape index (κ2) is 8.89. The minimum atomic E-state index is -0.0653. The van der Waals surface area contributed by atoms with Crippen LogP contribution in [0.2, 0.25) is 0 Å². The van der Waals surface area contributed by atoms with Crippen molar-refractivity contribution in [2.75, 3.05) is 23.3 Å². The molecule has 27 heavy (non-hydrogen) atoms. The van der Waals surface area contributed by atoms with Gasteiger partial charge in [-0.15, -0.1) is 0 Å². The number of aromatic nitrogens is 1. The molecule has 1 saturated heterocycles. The molecule has 5 heteroatoms. The molecule has 0 saturated carbocycles. The normalized spacial score (nSPS) is 16.0. The minimum Gasteiger partial charge on any atom is -0.372 e. The number of anilines is 3. The van der Waals surface area contributed by atoms with Gasteiger partial charge in [0.2, 0.25) is 0 Å². The van der Waals surface area contributed by atoms with Crippen molar-refractivity contribution in [3.05, 3.63) is 48.2 Å². The van der Waals surface area contributed by atoms with Gasteiger partial charge in [-0.2, -0.15) is 0 Å². The molecule has 144 valence electrons. The lowest BCUT2D eigenvalue weighted by molar-refractivity contribution is 0.0939. The highest BCUT2D eigenvalue weighted by atomic mass is 16.1. The van der Waals surface area contributed by atoms with Gasteiger partial charge in [-0.1, -0.05) is 13.8 Å². The average Bonchev–Trinajstić information content (AvgIpc) is 2.69. The van der Waals surface area contributed by atoms with E-state index in [1.54, 1.807) is 18.3 Å². The van der Waals surface area contributed by atoms with E-state index in [4.69, 9.17) is 0 Å². The Balaban J connectivity index is 1.63. The standard InChI is InChI=1S/C22H30N4O/c1-4-17(3)24-22(27)18-9-12-23-21(15-18)25-19-5-7-20(8-6-19)26-13-10-16(2)11-14-26/h5-9,12,15-17H,4,10-11,13-14H2,1-3H3,(H,23,25)(H,24,27). The number of hydrogen-bond acceptors (Lipinski definition) is 4. The van der Waals surface area contributed by atoms with Gasteiger partial charge in [-0.05, 0) is 68.5 Å². The fraction of sp³-hybridized carbons (Fsp3) is 0.455. The van der Waals surface area contributed by atoms with Crippen molar-refractivity contribution in [2.24, 2.45) is 5.92 Å². The van der Waals surface area contributed by atoms with Crippen molar-refractivity contribution in [3.8, 4) is 0 Å². The molecule has 1 fully saturated rings. The Bertz CT molecular complexity index is 751. The Morgan fingerprint density at radius 3 is 2.59 bits per heavy atom. The summed E-state index contributed by atoms with van der Waals surface area (Å²) in [7, 11) is 0. The Morgan fingerprint density at radius 2 is 1.93 bits per heavy atom. The second-order valence-corrected chi connectivity index (χ2v) is 7.55. The highest BCUT2D eigenvalue weighted by Crippen LogP contribution is 2.25. The van der Waals surface area contributed by atoms with Crippen LogP contribution in [-0.2, 0) is 0 Å². The van der Waals surface area contributed by atoms with Gasteiger partial charge in [-0.25, -0.2) is 4.98 Å². The van der Waals surface area contributed by atoms with Crippen molar-refractivity contribution in [3.63, 3.8) is 0 Å². The van der Waals surface area contributed by atoms with Gasteiger partial charge in [0.25, 0.3) is 5.91 Å². The lowest BCUT2D eigenvalue weighted by Crippen LogP contribution is -2.32. The number of piperidine rings is 1. The summed E-state index contributed by atoms with van der Waals surface area (Å²) in [5.41, 5.74) is 2.85. The summed E-state index contributed by atoms with van der Waals surface area (Å²) in [5, 5.41) is 6.28. The molecule has 0 spiro atoms. The third-order valence-electron chi connectivity index (χ3n) is 5.30. The van der Waals surface area contributed by atoms with E-state index < -0.39 is 0 Å². The summed E-state index contributed by atoms with van der Waals surface area (Å²) in [6.07, 6.45) is 5.09. The SMILES string of the molecule is CCC(C)NC(=O)c1ccnc(Nc2ccc(N3CCC(C)CC3)cc2)c1. The van der Waals surface area contributed by atoms with Gasteiger partial charge in [0.05, 0.1) is 0 Å². The largest absolute Gasteiger partial charge is 0.372 e. The molecule has 2 heterocycles. The van der Waals surface area contributed by atoms with E-state index in [0.29, 0.717) is 11.4 Å². The van der Waals surface area contributed by atoms with Crippen LogP contribution in [0, 0.1) is 5.92 Å². The lowest BCUT2D eigenvalue weighted by Gasteiger charge is -2.32. The number of nitrogens with one attached hydrogen (secondary N) is 2. The van der Waals surface area contributed by atoms with Crippen LogP contribution in [0.25, 0.3) is 0 Å². The fourth-order valence-electron chi connectivity index (χ4n) is 3.22. The molecule has 2 N–H and O–H groups in total. The third-order valence-corrected chi connectivity index (χ3v) is 5.30. The molecule has 1 aromatic heterocycles. The van der Waals surface area contributed by atoms with Gasteiger partial charge < -0.3 is 15.5 Å². The van der Waals surface area contributed by atoms with Gasteiger partial charge in [-0.3, -0.25) is 4.79 Å². The monoisotopic (exact) mass is 366 g/mol. The number of hydrogen-bond donors (Lipinski definition) is 2. The summed E-state index contributed by atoms with van der Waals surface area (Å²) in [6.45, 7) is 8.64. The molecule has 3 rings (SSSR count). The maximum Gasteiger partial charge on any atom is 0.251 e. The van der Waals surface area contributed by atoms with Crippen molar-refractivity contribution in [2.45, 2.75) is 46.1 Å². The summed E-state index contributed by atoms with van der Waals surface area (Å²) < 4.78 is 0. The van der Waals surface area contributed by atoms with E-state index in [-0.39, 0.29) is 11.9 Å². The van der Waals surface area contributed by atoms with Crippen LogP contribution in [0.4, 0.5) is 17.2 Å². The number of nitrogens with zero attached hydrogens (tertiary/aromatic N) is 2. The summed E-state index contributed by atoms with van der Waals surface area (Å²) in [4.78, 5) is 19.1. The van der Waals surface area contributed by atoms with Gasteiger partial charge >= 0.3 is 0 Å². The van der Waals surface area contributed by atoms with Gasteiger partial charge in [0.15, 0.2) is 0 Å². The quantitative estimate of drug-likeness (QED) is 0.785. The van der Waals surface area contributed by atoms with Crippen LogP contribution in [0.5, 0.6) is 0 Å². The summed E-state index contributed by atoms with van der Waals surface area (Å²) in [6, 6.07) is 12.1. The van der Waals surface area contributed by atoms with Crippen LogP contribution in [0.1, 0.15) is 50.4 Å². The van der Waals surface area contributed by atoms with Gasteiger partial charge in [0.1, 0.15) is 5.82 Å². The van der Waals surface area contributed by atoms with E-state index in [9.17, 15) is 4.79 Å². The molecular weight excluding hydrogens is 336 g/mol. The van der Waals surface area contributed by atoms with Crippen LogP contribution >= 0.6 is 0 Å². The second-order valence-electron chi connectivity index (χ2n) is 7.55. The third kappa shape index (κ3) is 5.22. The number of amides is 1. The molecule has 0 radical (unpaired) electrons. The maximum atomic E-state index is 12.3. The van der Waals surface area contributed by atoms with Crippen molar-refractivity contribution in [1.29, 1.82) is 0 Å². The average molecular weight is 367 g/mol. The molecule has 2 aromatic rings. The Hall–Kier alpha value is -2.56. The molecule has 0 bridgehead atoms. The highest BCUT2D eigenvalue weighted by Gasteiger charge is 2.16. The number of benzene rings is 1. The first-order chi connectivity index (χ1) is 13.0. The molecule has 1 aliphatic rings. The predicted molar refractivity (Wildman–Crippen MR) is 112 cm³/mol. The molecule has 1 aliphatic heterocycles. The van der Waals surface area contributed by atoms with Crippen molar-refractivity contribution >= 4 is 23.1 Å². The fourth-order valence-corrected chi connectivity index (χ4v) is 3.22. The molecule has 0 aliphatic carbocycles. The number of carbonyl (C=O) groups is 1. The summed E-state index contributed by atoms with van der Waals surface area (Å²) >= 11 is 0. The zero-order valence-corrected chi connectivity index (χ0v) is 16.5. The first-order valence-electron chi connectivity index (χ1n) is 9.94. The predicted octanol–water partition coefficient (Wildman–Crippen LogP) is 4.59. The number of carbonyl (C=O) groups excluding carboxylic acids is 1.